The molecule has 0 aromatic rings. The molecule has 0 aromatic heterocycles. The van der Waals surface area contributed by atoms with Crippen molar-refractivity contribution in [3.63, 3.8) is 0 Å². The molecular formula is C12H21NO3. The van der Waals surface area contributed by atoms with Crippen molar-refractivity contribution in [2.24, 2.45) is 0 Å². The maximum Gasteiger partial charge on any atom is 0.410 e. The van der Waals surface area contributed by atoms with Crippen LogP contribution < -0.4 is 0 Å². The Labute approximate surface area is 96.9 Å². The maximum atomic E-state index is 11.9. The van der Waals surface area contributed by atoms with Gasteiger partial charge in [-0.2, -0.15) is 0 Å². The van der Waals surface area contributed by atoms with Crippen molar-refractivity contribution in [3.05, 3.63) is 0 Å². The summed E-state index contributed by atoms with van der Waals surface area (Å²) in [4.78, 5) is 13.6. The van der Waals surface area contributed by atoms with Gasteiger partial charge in [-0.25, -0.2) is 4.79 Å². The van der Waals surface area contributed by atoms with Gasteiger partial charge in [0, 0.05) is 6.54 Å². The fourth-order valence-electron chi connectivity index (χ4n) is 2.26. The van der Waals surface area contributed by atoms with Crippen LogP contribution in [0.5, 0.6) is 0 Å². The summed E-state index contributed by atoms with van der Waals surface area (Å²) in [7, 11) is 0. The molecule has 1 amide bonds. The number of rotatable bonds is 0. The zero-order valence-corrected chi connectivity index (χ0v) is 10.8. The van der Waals surface area contributed by atoms with Crippen molar-refractivity contribution in [2.75, 3.05) is 13.1 Å². The van der Waals surface area contributed by atoms with Crippen LogP contribution in [0.15, 0.2) is 0 Å². The van der Waals surface area contributed by atoms with E-state index in [4.69, 9.17) is 9.47 Å². The minimum Gasteiger partial charge on any atom is -0.444 e. The minimum absolute atomic E-state index is 0.0223. The molecule has 0 bridgehead atoms. The van der Waals surface area contributed by atoms with Gasteiger partial charge in [-0.15, -0.1) is 0 Å². The predicted octanol–water partition coefficient (Wildman–Crippen LogP) is 2.17. The SMILES string of the molecule is CC(C)(C)OC(=O)N1CCC2(C)OC2(C)C1. The molecule has 92 valence electrons. The van der Waals surface area contributed by atoms with Crippen LogP contribution in [0.25, 0.3) is 0 Å². The number of carbonyl (C=O) groups is 1. The molecule has 0 radical (unpaired) electrons. The predicted molar refractivity (Wildman–Crippen MR) is 60.3 cm³/mol. The summed E-state index contributed by atoms with van der Waals surface area (Å²) in [6.07, 6.45) is 0.661. The van der Waals surface area contributed by atoms with Crippen LogP contribution in [-0.4, -0.2) is 40.9 Å². The van der Waals surface area contributed by atoms with E-state index in [1.54, 1.807) is 4.90 Å². The maximum absolute atomic E-state index is 11.9. The highest BCUT2D eigenvalue weighted by Gasteiger charge is 2.66. The molecule has 2 aliphatic rings. The Balaban J connectivity index is 1.95. The van der Waals surface area contributed by atoms with E-state index in [0.29, 0.717) is 6.54 Å². The van der Waals surface area contributed by atoms with Gasteiger partial charge in [0.05, 0.1) is 12.1 Å². The first-order chi connectivity index (χ1) is 7.15. The van der Waals surface area contributed by atoms with E-state index in [0.717, 1.165) is 13.0 Å². The zero-order chi connectivity index (χ0) is 12.2. The zero-order valence-electron chi connectivity index (χ0n) is 10.8. The Hall–Kier alpha value is -0.770. The van der Waals surface area contributed by atoms with Crippen LogP contribution in [-0.2, 0) is 9.47 Å². The summed E-state index contributed by atoms with van der Waals surface area (Å²) >= 11 is 0. The molecule has 2 atom stereocenters. The summed E-state index contributed by atoms with van der Waals surface area (Å²) in [5.74, 6) is 0. The van der Waals surface area contributed by atoms with E-state index < -0.39 is 5.60 Å². The monoisotopic (exact) mass is 227 g/mol. The van der Waals surface area contributed by atoms with Crippen LogP contribution in [0.3, 0.4) is 0 Å². The Morgan fingerprint density at radius 2 is 1.94 bits per heavy atom. The number of amides is 1. The number of carbonyl (C=O) groups excluding carboxylic acids is 1. The molecule has 0 saturated carbocycles. The fraction of sp³-hybridized carbons (Fsp3) is 0.917. The number of epoxide rings is 1. The van der Waals surface area contributed by atoms with E-state index in [2.05, 4.69) is 13.8 Å². The smallest absolute Gasteiger partial charge is 0.410 e. The third kappa shape index (κ3) is 1.90. The van der Waals surface area contributed by atoms with Crippen LogP contribution >= 0.6 is 0 Å². The minimum atomic E-state index is -0.427. The second-order valence-corrected chi connectivity index (χ2v) is 6.22. The fourth-order valence-corrected chi connectivity index (χ4v) is 2.26. The highest BCUT2D eigenvalue weighted by Crippen LogP contribution is 2.53. The van der Waals surface area contributed by atoms with Gasteiger partial charge >= 0.3 is 6.09 Å². The van der Waals surface area contributed by atoms with Gasteiger partial charge in [0.1, 0.15) is 11.2 Å². The highest BCUT2D eigenvalue weighted by molar-refractivity contribution is 5.68. The Kier molecular flexibility index (Phi) is 2.29. The number of fused-ring (bicyclic) bond motifs is 1. The lowest BCUT2D eigenvalue weighted by Gasteiger charge is -2.32. The number of likely N-dealkylation sites (tertiary alicyclic amines) is 1. The van der Waals surface area contributed by atoms with Crippen molar-refractivity contribution < 1.29 is 14.3 Å². The quantitative estimate of drug-likeness (QED) is 0.596. The standard InChI is InChI=1S/C12H21NO3/c1-10(2,3)15-9(14)13-7-6-11(4)12(5,8-13)16-11/h6-8H2,1-5H3. The van der Waals surface area contributed by atoms with E-state index in [1.807, 2.05) is 20.8 Å². The average molecular weight is 227 g/mol. The topological polar surface area (TPSA) is 42.1 Å². The molecule has 0 aliphatic carbocycles. The molecule has 0 spiro atoms. The van der Waals surface area contributed by atoms with E-state index in [-0.39, 0.29) is 17.3 Å². The van der Waals surface area contributed by atoms with Gasteiger partial charge in [-0.1, -0.05) is 0 Å². The van der Waals surface area contributed by atoms with Gasteiger partial charge in [-0.3, -0.25) is 0 Å². The number of ether oxygens (including phenoxy) is 2. The first-order valence-electron chi connectivity index (χ1n) is 5.83. The van der Waals surface area contributed by atoms with Gasteiger partial charge in [0.25, 0.3) is 0 Å². The Morgan fingerprint density at radius 3 is 2.44 bits per heavy atom. The second-order valence-electron chi connectivity index (χ2n) is 6.22. The summed E-state index contributed by atoms with van der Waals surface area (Å²) in [6.45, 7) is 11.2. The largest absolute Gasteiger partial charge is 0.444 e. The molecule has 2 unspecified atom stereocenters. The van der Waals surface area contributed by atoms with Crippen LogP contribution in [0.2, 0.25) is 0 Å². The van der Waals surface area contributed by atoms with Crippen molar-refractivity contribution in [2.45, 2.75) is 57.8 Å². The molecule has 16 heavy (non-hydrogen) atoms. The summed E-state index contributed by atoms with van der Waals surface area (Å²) in [5.41, 5.74) is -0.614. The molecule has 4 nitrogen and oxygen atoms in total. The molecule has 0 aromatic carbocycles. The van der Waals surface area contributed by atoms with Gasteiger partial charge in [-0.05, 0) is 41.0 Å². The number of piperidine rings is 1. The third-order valence-corrected chi connectivity index (χ3v) is 3.53. The summed E-state index contributed by atoms with van der Waals surface area (Å²) in [5, 5.41) is 0. The summed E-state index contributed by atoms with van der Waals surface area (Å²) in [6, 6.07) is 0. The molecule has 2 fully saturated rings. The number of hydrogen-bond donors (Lipinski definition) is 0. The van der Waals surface area contributed by atoms with Crippen LogP contribution in [0, 0.1) is 0 Å². The van der Waals surface area contributed by atoms with Crippen molar-refractivity contribution in [3.8, 4) is 0 Å². The van der Waals surface area contributed by atoms with E-state index in [1.165, 1.54) is 0 Å². The Bertz CT molecular complexity index is 323. The molecular weight excluding hydrogens is 206 g/mol. The lowest BCUT2D eigenvalue weighted by Crippen LogP contribution is -2.48. The van der Waals surface area contributed by atoms with E-state index >= 15 is 0 Å². The van der Waals surface area contributed by atoms with Crippen molar-refractivity contribution in [1.29, 1.82) is 0 Å². The second kappa shape index (κ2) is 3.13. The normalized spacial score (nSPS) is 37.9. The lowest BCUT2D eigenvalue weighted by molar-refractivity contribution is 0.0188. The molecule has 2 heterocycles. The first kappa shape index (κ1) is 11.7. The molecule has 2 saturated heterocycles. The first-order valence-corrected chi connectivity index (χ1v) is 5.83. The average Bonchev–Trinajstić information content (AvgIpc) is 2.63. The van der Waals surface area contributed by atoms with Crippen LogP contribution in [0.1, 0.15) is 41.0 Å². The molecule has 0 N–H and O–H groups in total. The number of hydrogen-bond acceptors (Lipinski definition) is 3. The van der Waals surface area contributed by atoms with Crippen LogP contribution in [0.4, 0.5) is 4.79 Å². The lowest BCUT2D eigenvalue weighted by atomic mass is 9.89. The van der Waals surface area contributed by atoms with E-state index in [9.17, 15) is 4.79 Å². The van der Waals surface area contributed by atoms with Crippen molar-refractivity contribution >= 4 is 6.09 Å². The summed E-state index contributed by atoms with van der Waals surface area (Å²) < 4.78 is 11.1. The third-order valence-electron chi connectivity index (χ3n) is 3.53. The highest BCUT2D eigenvalue weighted by atomic mass is 16.6. The number of nitrogens with zero attached hydrogens (tertiary/aromatic N) is 1. The van der Waals surface area contributed by atoms with Crippen molar-refractivity contribution in [1.82, 2.24) is 4.90 Å². The van der Waals surface area contributed by atoms with Gasteiger partial charge in [0.15, 0.2) is 0 Å². The van der Waals surface area contributed by atoms with Gasteiger partial charge < -0.3 is 14.4 Å². The Morgan fingerprint density at radius 1 is 1.31 bits per heavy atom. The molecule has 4 heteroatoms. The molecule has 2 aliphatic heterocycles. The molecule has 2 rings (SSSR count). The van der Waals surface area contributed by atoms with Gasteiger partial charge in [0.2, 0.25) is 0 Å².